The Bertz CT molecular complexity index is 1100. The predicted octanol–water partition coefficient (Wildman–Crippen LogP) is 6.56. The molecule has 0 aromatic heterocycles. The molecule has 0 N–H and O–H groups in total. The fourth-order valence-electron chi connectivity index (χ4n) is 3.37. The van der Waals surface area contributed by atoms with E-state index in [1.165, 1.54) is 23.4 Å². The van der Waals surface area contributed by atoms with Crippen LogP contribution in [0.3, 0.4) is 0 Å². The number of hydrogen-bond donors (Lipinski definition) is 0. The van der Waals surface area contributed by atoms with Crippen LogP contribution < -0.4 is 0 Å². The summed E-state index contributed by atoms with van der Waals surface area (Å²) in [7, 11) is 0. The third-order valence-electron chi connectivity index (χ3n) is 5.30. The zero-order valence-electron chi connectivity index (χ0n) is 19.6. The van der Waals surface area contributed by atoms with Gasteiger partial charge in [-0.25, -0.2) is 4.99 Å². The van der Waals surface area contributed by atoms with Crippen LogP contribution in [-0.2, 0) is 10.2 Å². The van der Waals surface area contributed by atoms with E-state index >= 15 is 0 Å². The number of rotatable bonds is 7. The standard InChI is InChI=1S/C25H29N3O3S2/c1-17-7-8-18(15-21(17)28(30)31)16-22-23(29)27(13-6-14-32-5)24(33-22)26-20-11-9-19(10-12-20)25(2,3)4/h7-12,15-16H,6,13-14H2,1-5H3/b22-16-,26-24?. The topological polar surface area (TPSA) is 75.8 Å². The molecule has 3 rings (SSSR count). The van der Waals surface area contributed by atoms with Crippen LogP contribution in [0.1, 0.15) is 43.9 Å². The summed E-state index contributed by atoms with van der Waals surface area (Å²) in [4.78, 5) is 31.1. The quantitative estimate of drug-likeness (QED) is 0.193. The molecule has 1 aliphatic rings. The minimum atomic E-state index is -0.399. The highest BCUT2D eigenvalue weighted by Gasteiger charge is 2.33. The molecule has 1 amide bonds. The Morgan fingerprint density at radius 3 is 2.48 bits per heavy atom. The van der Waals surface area contributed by atoms with Crippen LogP contribution in [0.2, 0.25) is 0 Å². The van der Waals surface area contributed by atoms with Crippen molar-refractivity contribution in [1.29, 1.82) is 0 Å². The molecule has 1 aliphatic heterocycles. The fourth-order valence-corrected chi connectivity index (χ4v) is 4.81. The molecule has 1 fully saturated rings. The molecule has 33 heavy (non-hydrogen) atoms. The van der Waals surface area contributed by atoms with Gasteiger partial charge in [0.05, 0.1) is 15.5 Å². The average molecular weight is 484 g/mol. The maximum atomic E-state index is 13.2. The van der Waals surface area contributed by atoms with E-state index in [4.69, 9.17) is 4.99 Å². The van der Waals surface area contributed by atoms with Gasteiger partial charge in [-0.3, -0.25) is 19.8 Å². The smallest absolute Gasteiger partial charge is 0.272 e. The largest absolute Gasteiger partial charge is 0.286 e. The first-order valence-corrected chi connectivity index (χ1v) is 13.0. The lowest BCUT2D eigenvalue weighted by atomic mass is 9.87. The molecular weight excluding hydrogens is 454 g/mol. The minimum absolute atomic E-state index is 0.0458. The third kappa shape index (κ3) is 6.26. The van der Waals surface area contributed by atoms with Gasteiger partial charge in [-0.15, -0.1) is 0 Å². The second kappa shape index (κ2) is 10.6. The molecule has 0 radical (unpaired) electrons. The Hall–Kier alpha value is -2.58. The minimum Gasteiger partial charge on any atom is -0.286 e. The first kappa shape index (κ1) is 25.1. The highest BCUT2D eigenvalue weighted by molar-refractivity contribution is 8.18. The summed E-state index contributed by atoms with van der Waals surface area (Å²) in [5.74, 6) is 0.833. The molecule has 8 heteroatoms. The zero-order valence-corrected chi connectivity index (χ0v) is 21.3. The Morgan fingerprint density at radius 2 is 1.88 bits per heavy atom. The Morgan fingerprint density at radius 1 is 1.18 bits per heavy atom. The third-order valence-corrected chi connectivity index (χ3v) is 7.01. The molecule has 0 spiro atoms. The summed E-state index contributed by atoms with van der Waals surface area (Å²) < 4.78 is 0. The number of carbonyl (C=O) groups excluding carboxylic acids is 1. The van der Waals surface area contributed by atoms with Crippen LogP contribution in [-0.4, -0.2) is 39.5 Å². The molecule has 0 saturated carbocycles. The van der Waals surface area contributed by atoms with E-state index < -0.39 is 4.92 Å². The number of nitrogens with zero attached hydrogens (tertiary/aromatic N) is 3. The van der Waals surface area contributed by atoms with Gasteiger partial charge in [0, 0.05) is 18.2 Å². The number of carbonyl (C=O) groups is 1. The van der Waals surface area contributed by atoms with Crippen molar-refractivity contribution in [1.82, 2.24) is 4.90 Å². The molecule has 1 saturated heterocycles. The van der Waals surface area contributed by atoms with Gasteiger partial charge in [-0.2, -0.15) is 11.8 Å². The lowest BCUT2D eigenvalue weighted by Crippen LogP contribution is -2.30. The lowest BCUT2D eigenvalue weighted by Gasteiger charge is -2.19. The van der Waals surface area contributed by atoms with Crippen molar-refractivity contribution in [2.45, 2.75) is 39.5 Å². The normalized spacial score (nSPS) is 16.8. The summed E-state index contributed by atoms with van der Waals surface area (Å²) in [5.41, 5.74) is 3.33. The number of nitro groups is 1. The van der Waals surface area contributed by atoms with E-state index in [2.05, 4.69) is 32.9 Å². The number of nitro benzene ring substituents is 1. The van der Waals surface area contributed by atoms with E-state index in [-0.39, 0.29) is 17.0 Å². The number of aliphatic imine (C=N–C) groups is 1. The molecule has 0 aliphatic carbocycles. The maximum Gasteiger partial charge on any atom is 0.272 e. The number of amides is 1. The lowest BCUT2D eigenvalue weighted by molar-refractivity contribution is -0.385. The van der Waals surface area contributed by atoms with Crippen LogP contribution in [0.4, 0.5) is 11.4 Å². The second-order valence-electron chi connectivity index (χ2n) is 8.91. The molecule has 6 nitrogen and oxygen atoms in total. The summed E-state index contributed by atoms with van der Waals surface area (Å²) in [6.45, 7) is 8.78. The van der Waals surface area contributed by atoms with Crippen LogP contribution in [0.15, 0.2) is 52.4 Å². The van der Waals surface area contributed by atoms with E-state index in [1.807, 2.05) is 18.4 Å². The fraction of sp³-hybridized carbons (Fsp3) is 0.360. The van der Waals surface area contributed by atoms with E-state index in [1.54, 1.807) is 41.8 Å². The van der Waals surface area contributed by atoms with Crippen molar-refractivity contribution in [3.05, 3.63) is 74.2 Å². The molecule has 2 aromatic carbocycles. The Kier molecular flexibility index (Phi) is 8.02. The van der Waals surface area contributed by atoms with Gasteiger partial charge >= 0.3 is 0 Å². The molecular formula is C25H29N3O3S2. The van der Waals surface area contributed by atoms with E-state index in [9.17, 15) is 14.9 Å². The molecule has 2 aromatic rings. The summed E-state index contributed by atoms with van der Waals surface area (Å²) in [6.07, 6.45) is 4.62. The Labute approximate surface area is 203 Å². The molecule has 174 valence electrons. The van der Waals surface area contributed by atoms with Gasteiger partial charge < -0.3 is 0 Å². The molecule has 0 unspecified atom stereocenters. The number of benzene rings is 2. The van der Waals surface area contributed by atoms with Crippen molar-refractivity contribution < 1.29 is 9.72 Å². The summed E-state index contributed by atoms with van der Waals surface area (Å²) in [5, 5.41) is 11.9. The molecule has 1 heterocycles. The summed E-state index contributed by atoms with van der Waals surface area (Å²) in [6, 6.07) is 13.1. The Balaban J connectivity index is 1.93. The van der Waals surface area contributed by atoms with Crippen LogP contribution >= 0.6 is 23.5 Å². The number of thioether (sulfide) groups is 2. The van der Waals surface area contributed by atoms with Gasteiger partial charge in [-0.1, -0.05) is 45.0 Å². The maximum absolute atomic E-state index is 13.2. The van der Waals surface area contributed by atoms with E-state index in [0.717, 1.165) is 17.9 Å². The van der Waals surface area contributed by atoms with Crippen molar-refractivity contribution in [2.75, 3.05) is 18.6 Å². The van der Waals surface area contributed by atoms with Gasteiger partial charge in [0.15, 0.2) is 5.17 Å². The van der Waals surface area contributed by atoms with Crippen molar-refractivity contribution in [3.63, 3.8) is 0 Å². The van der Waals surface area contributed by atoms with Gasteiger partial charge in [0.2, 0.25) is 0 Å². The summed E-state index contributed by atoms with van der Waals surface area (Å²) >= 11 is 3.05. The van der Waals surface area contributed by atoms with Gasteiger partial charge in [-0.05, 0) is 71.9 Å². The van der Waals surface area contributed by atoms with Crippen molar-refractivity contribution in [2.24, 2.45) is 4.99 Å². The van der Waals surface area contributed by atoms with Crippen molar-refractivity contribution in [3.8, 4) is 0 Å². The first-order valence-electron chi connectivity index (χ1n) is 10.7. The molecule has 0 bridgehead atoms. The predicted molar refractivity (Wildman–Crippen MR) is 140 cm³/mol. The van der Waals surface area contributed by atoms with Crippen LogP contribution in [0, 0.1) is 17.0 Å². The van der Waals surface area contributed by atoms with E-state index in [0.29, 0.717) is 27.7 Å². The highest BCUT2D eigenvalue weighted by atomic mass is 32.2. The highest BCUT2D eigenvalue weighted by Crippen LogP contribution is 2.35. The monoisotopic (exact) mass is 483 g/mol. The number of aryl methyl sites for hydroxylation is 1. The first-order chi connectivity index (χ1) is 15.6. The second-order valence-corrected chi connectivity index (χ2v) is 10.9. The zero-order chi connectivity index (χ0) is 24.2. The average Bonchev–Trinajstić information content (AvgIpc) is 3.03. The SMILES string of the molecule is CSCCCN1C(=O)/C(=C/c2ccc(C)c([N+](=O)[O-])c2)SC1=Nc1ccc(C(C)(C)C)cc1. The number of amidine groups is 1. The van der Waals surface area contributed by atoms with Crippen LogP contribution in [0.25, 0.3) is 6.08 Å². The van der Waals surface area contributed by atoms with Gasteiger partial charge in [0.1, 0.15) is 0 Å². The van der Waals surface area contributed by atoms with Crippen molar-refractivity contribution >= 4 is 52.0 Å². The molecule has 0 atom stereocenters. The van der Waals surface area contributed by atoms with Crippen LogP contribution in [0.5, 0.6) is 0 Å². The number of hydrogen-bond acceptors (Lipinski definition) is 6. The van der Waals surface area contributed by atoms with Gasteiger partial charge in [0.25, 0.3) is 11.6 Å².